The van der Waals surface area contributed by atoms with Crippen LogP contribution in [-0.2, 0) is 0 Å². The van der Waals surface area contributed by atoms with Crippen molar-refractivity contribution in [3.63, 3.8) is 0 Å². The van der Waals surface area contributed by atoms with E-state index in [-0.39, 0.29) is 12.1 Å². The lowest BCUT2D eigenvalue weighted by Gasteiger charge is -2.31. The molecule has 2 aliphatic heterocycles. The molecule has 1 saturated heterocycles. The van der Waals surface area contributed by atoms with Crippen LogP contribution in [0.2, 0.25) is 0 Å². The summed E-state index contributed by atoms with van der Waals surface area (Å²) in [5.41, 5.74) is 3.12. The molecule has 1 aromatic heterocycles. The normalized spacial score (nSPS) is 22.4. The van der Waals surface area contributed by atoms with Crippen molar-refractivity contribution in [1.29, 1.82) is 0 Å². The molecule has 2 amide bonds. The van der Waals surface area contributed by atoms with Crippen LogP contribution in [0.15, 0.2) is 12.3 Å². The van der Waals surface area contributed by atoms with Crippen molar-refractivity contribution in [2.75, 3.05) is 11.9 Å². The fourth-order valence-corrected chi connectivity index (χ4v) is 2.65. The summed E-state index contributed by atoms with van der Waals surface area (Å²) in [5.74, 6) is 0.436. The number of carbonyl (C=O) groups excluding carboxylic acids is 1. The van der Waals surface area contributed by atoms with E-state index < -0.39 is 0 Å². The average molecular weight is 231 g/mol. The molecular formula is C13H17N3O. The number of aromatic nitrogens is 1. The van der Waals surface area contributed by atoms with Gasteiger partial charge in [0.25, 0.3) is 0 Å². The number of anilines is 1. The highest BCUT2D eigenvalue weighted by Crippen LogP contribution is 2.39. The van der Waals surface area contributed by atoms with Crippen molar-refractivity contribution in [2.24, 2.45) is 0 Å². The third-order valence-electron chi connectivity index (χ3n) is 3.68. The molecule has 0 aliphatic carbocycles. The second-order valence-corrected chi connectivity index (χ2v) is 5.14. The van der Waals surface area contributed by atoms with Gasteiger partial charge in [0.2, 0.25) is 0 Å². The summed E-state index contributed by atoms with van der Waals surface area (Å²) in [4.78, 5) is 18.4. The van der Waals surface area contributed by atoms with Crippen molar-refractivity contribution in [2.45, 2.75) is 38.6 Å². The van der Waals surface area contributed by atoms with Crippen molar-refractivity contribution >= 4 is 11.7 Å². The number of hydrogen-bond acceptors (Lipinski definition) is 2. The van der Waals surface area contributed by atoms with Crippen molar-refractivity contribution < 1.29 is 4.79 Å². The minimum Gasteiger partial charge on any atom is -0.316 e. The maximum Gasteiger partial charge on any atom is 0.322 e. The highest BCUT2D eigenvalue weighted by Gasteiger charge is 2.36. The van der Waals surface area contributed by atoms with E-state index in [2.05, 4.69) is 30.2 Å². The van der Waals surface area contributed by atoms with Gasteiger partial charge in [0.05, 0.1) is 17.4 Å². The number of hydrogen-bond donors (Lipinski definition) is 1. The Balaban J connectivity index is 2.04. The van der Waals surface area contributed by atoms with Gasteiger partial charge in [0, 0.05) is 12.7 Å². The zero-order valence-electron chi connectivity index (χ0n) is 10.2. The number of pyridine rings is 1. The Morgan fingerprint density at radius 3 is 3.12 bits per heavy atom. The number of nitrogens with one attached hydrogen (secondary N) is 1. The number of amides is 2. The fraction of sp³-hybridized carbons (Fsp3) is 0.538. The molecule has 90 valence electrons. The summed E-state index contributed by atoms with van der Waals surface area (Å²) in [6.07, 6.45) is 4.05. The second-order valence-electron chi connectivity index (χ2n) is 5.14. The number of rotatable bonds is 1. The van der Waals surface area contributed by atoms with E-state index in [1.165, 1.54) is 5.56 Å². The van der Waals surface area contributed by atoms with E-state index in [4.69, 9.17) is 0 Å². The Morgan fingerprint density at radius 1 is 1.53 bits per heavy atom. The second kappa shape index (κ2) is 3.72. The SMILES string of the molecule is CC(C)c1cnc2c(c1)NC(=O)N1CCCC21. The summed E-state index contributed by atoms with van der Waals surface area (Å²) in [6.45, 7) is 5.12. The van der Waals surface area contributed by atoms with E-state index in [0.29, 0.717) is 5.92 Å². The Morgan fingerprint density at radius 2 is 2.35 bits per heavy atom. The van der Waals surface area contributed by atoms with Gasteiger partial charge in [0.1, 0.15) is 0 Å². The number of fused-ring (bicyclic) bond motifs is 3. The third kappa shape index (κ3) is 1.59. The maximum atomic E-state index is 11.9. The van der Waals surface area contributed by atoms with Crippen LogP contribution in [0.1, 0.15) is 49.9 Å². The molecule has 0 saturated carbocycles. The van der Waals surface area contributed by atoms with Crippen LogP contribution in [0, 0.1) is 0 Å². The highest BCUT2D eigenvalue weighted by molar-refractivity contribution is 5.93. The number of nitrogens with zero attached hydrogens (tertiary/aromatic N) is 2. The highest BCUT2D eigenvalue weighted by atomic mass is 16.2. The zero-order valence-corrected chi connectivity index (χ0v) is 10.2. The smallest absolute Gasteiger partial charge is 0.316 e. The summed E-state index contributed by atoms with van der Waals surface area (Å²) in [6, 6.07) is 2.29. The lowest BCUT2D eigenvalue weighted by atomic mass is 10.0. The molecule has 4 nitrogen and oxygen atoms in total. The summed E-state index contributed by atoms with van der Waals surface area (Å²) >= 11 is 0. The molecule has 0 bridgehead atoms. The van der Waals surface area contributed by atoms with Crippen LogP contribution < -0.4 is 5.32 Å². The molecule has 1 atom stereocenters. The Kier molecular flexibility index (Phi) is 2.31. The topological polar surface area (TPSA) is 45.2 Å². The van der Waals surface area contributed by atoms with Crippen LogP contribution in [-0.4, -0.2) is 22.5 Å². The van der Waals surface area contributed by atoms with Gasteiger partial charge in [-0.05, 0) is 30.4 Å². The van der Waals surface area contributed by atoms with Gasteiger partial charge in [-0.15, -0.1) is 0 Å². The van der Waals surface area contributed by atoms with Crippen LogP contribution in [0.4, 0.5) is 10.5 Å². The van der Waals surface area contributed by atoms with Crippen molar-refractivity contribution in [1.82, 2.24) is 9.88 Å². The van der Waals surface area contributed by atoms with E-state index >= 15 is 0 Å². The average Bonchev–Trinajstić information content (AvgIpc) is 2.78. The minimum absolute atomic E-state index is 0.0303. The van der Waals surface area contributed by atoms with Crippen molar-refractivity contribution in [3.8, 4) is 0 Å². The van der Waals surface area contributed by atoms with E-state index in [9.17, 15) is 4.79 Å². The standard InChI is InChI=1S/C13H17N3O/c1-8(2)9-6-10-12(14-7-9)11-4-3-5-16(11)13(17)15-10/h6-8,11H,3-5H2,1-2H3,(H,15,17). The molecule has 0 spiro atoms. The summed E-state index contributed by atoms with van der Waals surface area (Å²) < 4.78 is 0. The Bertz CT molecular complexity index is 470. The lowest BCUT2D eigenvalue weighted by molar-refractivity contribution is 0.203. The summed E-state index contributed by atoms with van der Waals surface area (Å²) in [7, 11) is 0. The molecule has 17 heavy (non-hydrogen) atoms. The van der Waals surface area contributed by atoms with Gasteiger partial charge in [-0.3, -0.25) is 4.98 Å². The molecule has 4 heteroatoms. The molecule has 1 fully saturated rings. The van der Waals surface area contributed by atoms with Gasteiger partial charge in [-0.2, -0.15) is 0 Å². The first-order valence-electron chi connectivity index (χ1n) is 6.24. The predicted octanol–water partition coefficient (Wildman–Crippen LogP) is 2.89. The van der Waals surface area contributed by atoms with E-state index in [1.807, 2.05) is 11.1 Å². The van der Waals surface area contributed by atoms with Gasteiger partial charge < -0.3 is 10.2 Å². The zero-order chi connectivity index (χ0) is 12.0. The first kappa shape index (κ1) is 10.6. The third-order valence-corrected chi connectivity index (χ3v) is 3.68. The Hall–Kier alpha value is -1.58. The van der Waals surface area contributed by atoms with Gasteiger partial charge in [-0.1, -0.05) is 13.8 Å². The molecule has 3 heterocycles. The predicted molar refractivity (Wildman–Crippen MR) is 66.0 cm³/mol. The number of carbonyl (C=O) groups is 1. The van der Waals surface area contributed by atoms with Crippen LogP contribution in [0.5, 0.6) is 0 Å². The monoisotopic (exact) mass is 231 g/mol. The molecular weight excluding hydrogens is 214 g/mol. The molecule has 1 aromatic rings. The molecule has 0 radical (unpaired) electrons. The quantitative estimate of drug-likeness (QED) is 0.807. The minimum atomic E-state index is 0.0303. The van der Waals surface area contributed by atoms with Crippen LogP contribution in [0.3, 0.4) is 0 Å². The van der Waals surface area contributed by atoms with Crippen LogP contribution >= 0.6 is 0 Å². The molecule has 0 aromatic carbocycles. The number of urea groups is 1. The first-order chi connectivity index (χ1) is 8.16. The van der Waals surface area contributed by atoms with Gasteiger partial charge >= 0.3 is 6.03 Å². The molecule has 1 N–H and O–H groups in total. The van der Waals surface area contributed by atoms with Crippen molar-refractivity contribution in [3.05, 3.63) is 23.5 Å². The molecule has 1 unspecified atom stereocenters. The largest absolute Gasteiger partial charge is 0.322 e. The lowest BCUT2D eigenvalue weighted by Crippen LogP contribution is -2.39. The van der Waals surface area contributed by atoms with E-state index in [1.54, 1.807) is 0 Å². The van der Waals surface area contributed by atoms with Gasteiger partial charge in [-0.25, -0.2) is 4.79 Å². The maximum absolute atomic E-state index is 11.9. The van der Waals surface area contributed by atoms with E-state index in [0.717, 1.165) is 30.8 Å². The first-order valence-corrected chi connectivity index (χ1v) is 6.24. The summed E-state index contributed by atoms with van der Waals surface area (Å²) in [5, 5.41) is 2.95. The fourth-order valence-electron chi connectivity index (χ4n) is 2.65. The van der Waals surface area contributed by atoms with Gasteiger partial charge in [0.15, 0.2) is 0 Å². The Labute approximate surface area is 101 Å². The molecule has 3 rings (SSSR count). The molecule has 2 aliphatic rings. The van der Waals surface area contributed by atoms with Crippen LogP contribution in [0.25, 0.3) is 0 Å².